The molecule has 0 bridgehead atoms. The lowest BCUT2D eigenvalue weighted by molar-refractivity contribution is 0.0918. The van der Waals surface area contributed by atoms with E-state index in [1.807, 2.05) is 0 Å². The second-order valence-electron chi connectivity index (χ2n) is 10.1. The molecule has 188 valence electrons. The van der Waals surface area contributed by atoms with Crippen LogP contribution in [0.15, 0.2) is 42.5 Å². The van der Waals surface area contributed by atoms with E-state index >= 15 is 0 Å². The zero-order chi connectivity index (χ0) is 24.8. The smallest absolute Gasteiger partial charge is 0.259 e. The van der Waals surface area contributed by atoms with Crippen LogP contribution >= 0.6 is 11.6 Å². The van der Waals surface area contributed by atoms with E-state index in [1.54, 1.807) is 42.5 Å². The minimum atomic E-state index is -0.302. The van der Waals surface area contributed by atoms with Gasteiger partial charge in [-0.1, -0.05) is 23.7 Å². The summed E-state index contributed by atoms with van der Waals surface area (Å²) >= 11 is 6.43. The summed E-state index contributed by atoms with van der Waals surface area (Å²) in [7, 11) is 1.52. The van der Waals surface area contributed by atoms with Crippen molar-refractivity contribution in [3.63, 3.8) is 0 Å². The fourth-order valence-electron chi connectivity index (χ4n) is 5.51. The summed E-state index contributed by atoms with van der Waals surface area (Å²) in [6.07, 6.45) is 10.5. The number of para-hydroxylation sites is 1. The number of carbonyl (C=O) groups is 2. The highest BCUT2D eigenvalue weighted by Crippen LogP contribution is 2.35. The third kappa shape index (κ3) is 6.77. The molecule has 0 spiro atoms. The van der Waals surface area contributed by atoms with Gasteiger partial charge in [0.05, 0.1) is 23.3 Å². The number of halogens is 1. The van der Waals surface area contributed by atoms with Crippen LogP contribution in [0.4, 0.5) is 5.69 Å². The Hall–Kier alpha value is -2.57. The third-order valence-corrected chi connectivity index (χ3v) is 7.88. The van der Waals surface area contributed by atoms with E-state index in [1.165, 1.54) is 39.2 Å². The van der Waals surface area contributed by atoms with E-state index in [9.17, 15) is 9.59 Å². The van der Waals surface area contributed by atoms with E-state index in [0.717, 1.165) is 37.5 Å². The number of hydrogen-bond donors (Lipinski definition) is 3. The van der Waals surface area contributed by atoms with Gasteiger partial charge in [-0.05, 0) is 100.0 Å². The van der Waals surface area contributed by atoms with Crippen LogP contribution in [0, 0.1) is 11.8 Å². The number of benzene rings is 2. The summed E-state index contributed by atoms with van der Waals surface area (Å²) in [6.45, 7) is 0. The molecular weight excluding hydrogens is 462 g/mol. The van der Waals surface area contributed by atoms with Gasteiger partial charge in [0.1, 0.15) is 5.75 Å². The van der Waals surface area contributed by atoms with Gasteiger partial charge in [-0.15, -0.1) is 0 Å². The summed E-state index contributed by atoms with van der Waals surface area (Å²) < 4.78 is 5.25. The highest BCUT2D eigenvalue weighted by Gasteiger charge is 2.27. The van der Waals surface area contributed by atoms with Crippen molar-refractivity contribution >= 4 is 29.1 Å². The van der Waals surface area contributed by atoms with Crippen molar-refractivity contribution in [2.75, 3.05) is 12.4 Å². The number of nitrogens with one attached hydrogen (secondary N) is 2. The fourth-order valence-corrected chi connectivity index (χ4v) is 5.77. The SMILES string of the molecule is COc1ccccc1C(=O)Nc1ccc(C(=O)NC2CCC(CC3CCC(N)CC3)CC2)c(Cl)c1. The quantitative estimate of drug-likeness (QED) is 0.450. The molecule has 2 aromatic rings. The number of hydrogen-bond acceptors (Lipinski definition) is 4. The number of anilines is 1. The molecule has 0 aliphatic heterocycles. The molecule has 0 saturated heterocycles. The Balaban J connectivity index is 1.27. The predicted octanol–water partition coefficient (Wildman–Crippen LogP) is 5.80. The molecule has 2 saturated carbocycles. The third-order valence-electron chi connectivity index (χ3n) is 7.56. The van der Waals surface area contributed by atoms with Gasteiger partial charge >= 0.3 is 0 Å². The van der Waals surface area contributed by atoms with Crippen LogP contribution in [0.1, 0.15) is 78.5 Å². The number of amides is 2. The number of ether oxygens (including phenoxy) is 1. The van der Waals surface area contributed by atoms with Gasteiger partial charge in [-0.2, -0.15) is 0 Å². The second kappa shape index (κ2) is 11.9. The fraction of sp³-hybridized carbons (Fsp3) is 0.500. The van der Waals surface area contributed by atoms with Crippen LogP contribution in [0.2, 0.25) is 5.02 Å². The van der Waals surface area contributed by atoms with Crippen molar-refractivity contribution in [3.8, 4) is 5.75 Å². The Morgan fingerprint density at radius 3 is 2.23 bits per heavy atom. The summed E-state index contributed by atoms with van der Waals surface area (Å²) in [5.74, 6) is 1.61. The molecule has 2 fully saturated rings. The van der Waals surface area contributed by atoms with Crippen LogP contribution in [0.25, 0.3) is 0 Å². The molecule has 0 atom stereocenters. The van der Waals surface area contributed by atoms with Crippen LogP contribution in [-0.4, -0.2) is 31.0 Å². The van der Waals surface area contributed by atoms with Crippen molar-refractivity contribution in [2.45, 2.75) is 69.9 Å². The Morgan fingerprint density at radius 1 is 0.914 bits per heavy atom. The minimum absolute atomic E-state index is 0.165. The van der Waals surface area contributed by atoms with Crippen LogP contribution in [0.3, 0.4) is 0 Å². The van der Waals surface area contributed by atoms with Crippen molar-refractivity contribution in [1.82, 2.24) is 5.32 Å². The first-order valence-electron chi connectivity index (χ1n) is 12.7. The molecule has 2 amide bonds. The number of rotatable bonds is 7. The normalized spacial score (nSPS) is 24.4. The first kappa shape index (κ1) is 25.5. The van der Waals surface area contributed by atoms with Gasteiger partial charge in [-0.3, -0.25) is 9.59 Å². The highest BCUT2D eigenvalue weighted by molar-refractivity contribution is 6.34. The van der Waals surface area contributed by atoms with Crippen molar-refractivity contribution in [1.29, 1.82) is 0 Å². The maximum Gasteiger partial charge on any atom is 0.259 e. The summed E-state index contributed by atoms with van der Waals surface area (Å²) in [6, 6.07) is 12.6. The molecule has 0 aromatic heterocycles. The zero-order valence-electron chi connectivity index (χ0n) is 20.4. The predicted molar refractivity (Wildman–Crippen MR) is 140 cm³/mol. The average Bonchev–Trinajstić information content (AvgIpc) is 2.86. The average molecular weight is 498 g/mol. The highest BCUT2D eigenvalue weighted by atomic mass is 35.5. The molecular formula is C28H36ClN3O3. The van der Waals surface area contributed by atoms with Gasteiger partial charge in [0.2, 0.25) is 0 Å². The Morgan fingerprint density at radius 2 is 1.57 bits per heavy atom. The van der Waals surface area contributed by atoms with Gasteiger partial charge < -0.3 is 21.1 Å². The molecule has 2 aromatic carbocycles. The molecule has 2 aliphatic rings. The van der Waals surface area contributed by atoms with Crippen LogP contribution in [0.5, 0.6) is 5.75 Å². The van der Waals surface area contributed by atoms with Gasteiger partial charge in [0.25, 0.3) is 11.8 Å². The molecule has 4 N–H and O–H groups in total. The zero-order valence-corrected chi connectivity index (χ0v) is 21.2. The summed E-state index contributed by atoms with van der Waals surface area (Å²) in [5.41, 5.74) is 7.41. The molecule has 35 heavy (non-hydrogen) atoms. The van der Waals surface area contributed by atoms with E-state index < -0.39 is 0 Å². The molecule has 0 heterocycles. The van der Waals surface area contributed by atoms with Crippen molar-refractivity contribution in [3.05, 3.63) is 58.6 Å². The summed E-state index contributed by atoms with van der Waals surface area (Å²) in [4.78, 5) is 25.5. The Labute approximate surface area is 212 Å². The standard InChI is InChI=1S/C28H36ClN3O3/c1-35-26-5-3-2-4-24(26)28(34)32-22-14-15-23(25(29)17-22)27(33)31-21-12-8-19(9-13-21)16-18-6-10-20(30)11-7-18/h2-5,14-15,17-21H,6-13,16,30H2,1H3,(H,31,33)(H,32,34). The molecule has 7 heteroatoms. The van der Waals surface area contributed by atoms with Gasteiger partial charge in [0, 0.05) is 17.8 Å². The Kier molecular flexibility index (Phi) is 8.69. The maximum atomic E-state index is 12.9. The van der Waals surface area contributed by atoms with E-state index in [4.69, 9.17) is 22.1 Å². The molecule has 6 nitrogen and oxygen atoms in total. The minimum Gasteiger partial charge on any atom is -0.496 e. The molecule has 2 aliphatic carbocycles. The van der Waals surface area contributed by atoms with Crippen LogP contribution < -0.4 is 21.1 Å². The lowest BCUT2D eigenvalue weighted by Crippen LogP contribution is -2.38. The number of methoxy groups -OCH3 is 1. The van der Waals surface area contributed by atoms with E-state index in [0.29, 0.717) is 33.6 Å². The van der Waals surface area contributed by atoms with Gasteiger partial charge in [0.15, 0.2) is 0 Å². The monoisotopic (exact) mass is 497 g/mol. The first-order valence-corrected chi connectivity index (χ1v) is 13.1. The van der Waals surface area contributed by atoms with E-state index in [-0.39, 0.29) is 17.9 Å². The number of nitrogens with two attached hydrogens (primary N) is 1. The first-order chi connectivity index (χ1) is 16.9. The molecule has 0 radical (unpaired) electrons. The summed E-state index contributed by atoms with van der Waals surface area (Å²) in [5, 5.41) is 6.29. The van der Waals surface area contributed by atoms with Crippen LogP contribution in [-0.2, 0) is 0 Å². The largest absolute Gasteiger partial charge is 0.496 e. The van der Waals surface area contributed by atoms with Gasteiger partial charge in [-0.25, -0.2) is 0 Å². The molecule has 0 unspecified atom stereocenters. The Bertz CT molecular complexity index is 1030. The topological polar surface area (TPSA) is 93.4 Å². The second-order valence-corrected chi connectivity index (χ2v) is 10.5. The lowest BCUT2D eigenvalue weighted by atomic mass is 9.76. The molecule has 4 rings (SSSR count). The van der Waals surface area contributed by atoms with Crippen molar-refractivity contribution in [2.24, 2.45) is 17.6 Å². The maximum absolute atomic E-state index is 12.9. The van der Waals surface area contributed by atoms with E-state index in [2.05, 4.69) is 10.6 Å². The number of carbonyl (C=O) groups excluding carboxylic acids is 2. The van der Waals surface area contributed by atoms with Crippen molar-refractivity contribution < 1.29 is 14.3 Å². The lowest BCUT2D eigenvalue weighted by Gasteiger charge is -2.33.